The third-order valence-electron chi connectivity index (χ3n) is 2.97. The molecule has 0 bridgehead atoms. The summed E-state index contributed by atoms with van der Waals surface area (Å²) in [6, 6.07) is 9.68. The minimum Gasteiger partial charge on any atom is -0.271 e. The van der Waals surface area contributed by atoms with Gasteiger partial charge in [0, 0.05) is 13.6 Å². The summed E-state index contributed by atoms with van der Waals surface area (Å²) >= 11 is 14.3. The van der Waals surface area contributed by atoms with E-state index in [2.05, 4.69) is 28.0 Å². The number of halogens is 4. The molecule has 6 heteroatoms. The summed E-state index contributed by atoms with van der Waals surface area (Å²) < 4.78 is 14.3. The van der Waals surface area contributed by atoms with E-state index in [1.54, 1.807) is 6.07 Å². The first kappa shape index (κ1) is 16.0. The Bertz CT molecular complexity index is 622. The molecule has 20 heavy (non-hydrogen) atoms. The van der Waals surface area contributed by atoms with E-state index >= 15 is 0 Å². The van der Waals surface area contributed by atoms with E-state index in [0.717, 1.165) is 9.13 Å². The molecular weight excluding hydrogens is 413 g/mol. The maximum atomic E-state index is 13.3. The van der Waals surface area contributed by atoms with Crippen molar-refractivity contribution in [1.29, 1.82) is 0 Å². The summed E-state index contributed by atoms with van der Waals surface area (Å²) in [6.07, 6.45) is 0.476. The normalized spacial score (nSPS) is 12.4. The number of benzene rings is 2. The van der Waals surface area contributed by atoms with Crippen molar-refractivity contribution in [3.63, 3.8) is 0 Å². The number of hydrogen-bond donors (Lipinski definition) is 2. The van der Waals surface area contributed by atoms with E-state index in [1.807, 2.05) is 18.2 Å². The molecule has 3 N–H and O–H groups in total. The molecule has 0 aromatic heterocycles. The Labute approximate surface area is 140 Å². The van der Waals surface area contributed by atoms with Crippen LogP contribution in [-0.2, 0) is 6.42 Å². The van der Waals surface area contributed by atoms with E-state index < -0.39 is 0 Å². The Hall–Kier alpha value is -0.400. The van der Waals surface area contributed by atoms with Crippen LogP contribution < -0.4 is 11.3 Å². The highest BCUT2D eigenvalue weighted by Crippen LogP contribution is 2.28. The minimum absolute atomic E-state index is 0.195. The van der Waals surface area contributed by atoms with Gasteiger partial charge >= 0.3 is 0 Å². The van der Waals surface area contributed by atoms with Crippen molar-refractivity contribution in [2.75, 3.05) is 0 Å². The highest BCUT2D eigenvalue weighted by atomic mass is 127. The number of hydrazine groups is 1. The van der Waals surface area contributed by atoms with Gasteiger partial charge in [-0.2, -0.15) is 0 Å². The van der Waals surface area contributed by atoms with Crippen LogP contribution in [0.15, 0.2) is 36.4 Å². The van der Waals surface area contributed by atoms with Crippen molar-refractivity contribution < 1.29 is 4.39 Å². The maximum Gasteiger partial charge on any atom is 0.123 e. The fourth-order valence-corrected chi connectivity index (χ4v) is 3.05. The molecule has 0 spiro atoms. The topological polar surface area (TPSA) is 38.0 Å². The molecule has 106 valence electrons. The lowest BCUT2D eigenvalue weighted by Gasteiger charge is -2.19. The molecule has 2 aromatic rings. The van der Waals surface area contributed by atoms with Gasteiger partial charge in [-0.1, -0.05) is 23.2 Å². The van der Waals surface area contributed by atoms with Crippen molar-refractivity contribution in [2.45, 2.75) is 12.5 Å². The van der Waals surface area contributed by atoms with Gasteiger partial charge in [-0.3, -0.25) is 11.3 Å². The predicted octanol–water partition coefficient (Wildman–Crippen LogP) is 4.48. The molecule has 1 atom stereocenters. The van der Waals surface area contributed by atoms with Crippen molar-refractivity contribution in [3.05, 3.63) is 67.0 Å². The van der Waals surface area contributed by atoms with Crippen LogP contribution >= 0.6 is 45.8 Å². The number of rotatable bonds is 4. The SMILES string of the molecule is NNC(Cc1cc(F)ccc1Cl)c1cc(Cl)ccc1I. The second kappa shape index (κ2) is 7.04. The van der Waals surface area contributed by atoms with Crippen LogP contribution in [0.5, 0.6) is 0 Å². The molecule has 2 aromatic carbocycles. The first-order valence-electron chi connectivity index (χ1n) is 5.86. The molecule has 0 saturated carbocycles. The van der Waals surface area contributed by atoms with Gasteiger partial charge in [0.1, 0.15) is 5.82 Å². The van der Waals surface area contributed by atoms with E-state index in [0.29, 0.717) is 22.0 Å². The zero-order valence-electron chi connectivity index (χ0n) is 10.3. The molecule has 2 rings (SSSR count). The lowest BCUT2D eigenvalue weighted by atomic mass is 9.99. The smallest absolute Gasteiger partial charge is 0.123 e. The molecule has 0 aliphatic heterocycles. The average Bonchev–Trinajstić information content (AvgIpc) is 2.42. The fourth-order valence-electron chi connectivity index (χ4n) is 1.96. The zero-order valence-corrected chi connectivity index (χ0v) is 14.0. The highest BCUT2D eigenvalue weighted by Gasteiger charge is 2.16. The molecule has 0 aliphatic rings. The van der Waals surface area contributed by atoms with Crippen LogP contribution in [0, 0.1) is 9.39 Å². The quantitative estimate of drug-likeness (QED) is 0.431. The van der Waals surface area contributed by atoms with Crippen LogP contribution in [0.3, 0.4) is 0 Å². The lowest BCUT2D eigenvalue weighted by Crippen LogP contribution is -2.30. The van der Waals surface area contributed by atoms with E-state index in [-0.39, 0.29) is 11.9 Å². The Kier molecular flexibility index (Phi) is 5.63. The van der Waals surface area contributed by atoms with Crippen LogP contribution in [0.25, 0.3) is 0 Å². The highest BCUT2D eigenvalue weighted by molar-refractivity contribution is 14.1. The summed E-state index contributed by atoms with van der Waals surface area (Å²) in [6.45, 7) is 0. The van der Waals surface area contributed by atoms with Crippen molar-refractivity contribution in [1.82, 2.24) is 5.43 Å². The predicted molar refractivity (Wildman–Crippen MR) is 89.3 cm³/mol. The van der Waals surface area contributed by atoms with Gasteiger partial charge in [0.2, 0.25) is 0 Å². The molecule has 0 amide bonds. The summed E-state index contributed by atoms with van der Waals surface area (Å²) in [4.78, 5) is 0. The van der Waals surface area contributed by atoms with Gasteiger partial charge < -0.3 is 0 Å². The van der Waals surface area contributed by atoms with Gasteiger partial charge in [0.05, 0.1) is 6.04 Å². The summed E-state index contributed by atoms with van der Waals surface area (Å²) in [7, 11) is 0. The third kappa shape index (κ3) is 3.83. The second-order valence-electron chi connectivity index (χ2n) is 4.32. The number of nitrogens with one attached hydrogen (secondary N) is 1. The Balaban J connectivity index is 2.33. The standard InChI is InChI=1S/C14H12Cl2FIN2/c15-9-1-4-13(18)11(7-9)14(20-19)6-8-5-10(17)2-3-12(8)16/h1-5,7,14,20H,6,19H2. The van der Waals surface area contributed by atoms with Gasteiger partial charge in [-0.15, -0.1) is 0 Å². The van der Waals surface area contributed by atoms with Crippen LogP contribution in [0.1, 0.15) is 17.2 Å². The third-order valence-corrected chi connectivity index (χ3v) is 4.55. The maximum absolute atomic E-state index is 13.3. The largest absolute Gasteiger partial charge is 0.271 e. The van der Waals surface area contributed by atoms with Crippen LogP contribution in [-0.4, -0.2) is 0 Å². The molecular formula is C14H12Cl2FIN2. The monoisotopic (exact) mass is 424 g/mol. The summed E-state index contributed by atoms with van der Waals surface area (Å²) in [5.74, 6) is 5.31. The molecule has 0 saturated heterocycles. The Morgan fingerprint density at radius 1 is 1.20 bits per heavy atom. The molecule has 0 radical (unpaired) electrons. The lowest BCUT2D eigenvalue weighted by molar-refractivity contribution is 0.546. The van der Waals surface area contributed by atoms with E-state index in [4.69, 9.17) is 29.0 Å². The Morgan fingerprint density at radius 2 is 1.95 bits per heavy atom. The van der Waals surface area contributed by atoms with E-state index in [9.17, 15) is 4.39 Å². The average molecular weight is 425 g/mol. The molecule has 2 nitrogen and oxygen atoms in total. The van der Waals surface area contributed by atoms with E-state index in [1.165, 1.54) is 12.1 Å². The van der Waals surface area contributed by atoms with Gasteiger partial charge in [-0.25, -0.2) is 4.39 Å². The summed E-state index contributed by atoms with van der Waals surface area (Å²) in [5.41, 5.74) is 4.40. The fraction of sp³-hybridized carbons (Fsp3) is 0.143. The van der Waals surface area contributed by atoms with Gasteiger partial charge in [0.15, 0.2) is 0 Å². The van der Waals surface area contributed by atoms with Crippen molar-refractivity contribution in [3.8, 4) is 0 Å². The first-order chi connectivity index (χ1) is 9.51. The van der Waals surface area contributed by atoms with Crippen molar-refractivity contribution in [2.24, 2.45) is 5.84 Å². The molecule has 0 aliphatic carbocycles. The minimum atomic E-state index is -0.319. The second-order valence-corrected chi connectivity index (χ2v) is 6.33. The van der Waals surface area contributed by atoms with Gasteiger partial charge in [-0.05, 0) is 76.5 Å². The van der Waals surface area contributed by atoms with Crippen LogP contribution in [0.2, 0.25) is 10.0 Å². The molecule has 1 unspecified atom stereocenters. The summed E-state index contributed by atoms with van der Waals surface area (Å²) in [5, 5.41) is 1.15. The first-order valence-corrected chi connectivity index (χ1v) is 7.69. The number of hydrogen-bond acceptors (Lipinski definition) is 2. The van der Waals surface area contributed by atoms with Crippen LogP contribution in [0.4, 0.5) is 4.39 Å². The Morgan fingerprint density at radius 3 is 2.65 bits per heavy atom. The van der Waals surface area contributed by atoms with Crippen molar-refractivity contribution >= 4 is 45.8 Å². The molecule has 0 fully saturated rings. The molecule has 0 heterocycles. The van der Waals surface area contributed by atoms with Gasteiger partial charge in [0.25, 0.3) is 0 Å². The zero-order chi connectivity index (χ0) is 14.7. The number of nitrogens with two attached hydrogens (primary N) is 1.